The Kier molecular flexibility index (Phi) is 4.98. The molecule has 4 heteroatoms. The van der Waals surface area contributed by atoms with Crippen molar-refractivity contribution < 1.29 is 0 Å². The third-order valence-electron chi connectivity index (χ3n) is 2.55. The summed E-state index contributed by atoms with van der Waals surface area (Å²) in [6.45, 7) is 0.769. The molecule has 0 atom stereocenters. The Balaban J connectivity index is 2.04. The van der Waals surface area contributed by atoms with Crippen LogP contribution in [0.4, 0.5) is 5.69 Å². The van der Waals surface area contributed by atoms with Crippen molar-refractivity contribution in [1.29, 1.82) is 0 Å². The third-order valence-corrected chi connectivity index (χ3v) is 4.51. The highest BCUT2D eigenvalue weighted by Gasteiger charge is 2.00. The molecule has 2 aromatic rings. The van der Waals surface area contributed by atoms with Gasteiger partial charge in [0.2, 0.25) is 0 Å². The summed E-state index contributed by atoms with van der Waals surface area (Å²) in [7, 11) is 0. The van der Waals surface area contributed by atoms with Crippen molar-refractivity contribution in [2.45, 2.75) is 11.4 Å². The van der Waals surface area contributed by atoms with Gasteiger partial charge in [0, 0.05) is 21.6 Å². The van der Waals surface area contributed by atoms with Crippen LogP contribution < -0.4 is 5.32 Å². The molecular weight excluding hydrogens is 330 g/mol. The van der Waals surface area contributed by atoms with Crippen LogP contribution in [-0.4, -0.2) is 6.26 Å². The maximum Gasteiger partial charge on any atom is 0.0551 e. The lowest BCUT2D eigenvalue weighted by Gasteiger charge is -2.08. The van der Waals surface area contributed by atoms with Gasteiger partial charge in [-0.2, -0.15) is 0 Å². The monoisotopic (exact) mass is 341 g/mol. The van der Waals surface area contributed by atoms with Crippen LogP contribution in [0.5, 0.6) is 0 Å². The minimum absolute atomic E-state index is 0.743. The van der Waals surface area contributed by atoms with Crippen LogP contribution in [-0.2, 0) is 6.54 Å². The van der Waals surface area contributed by atoms with Gasteiger partial charge in [-0.3, -0.25) is 0 Å². The van der Waals surface area contributed by atoms with Gasteiger partial charge in [0.15, 0.2) is 0 Å². The molecule has 0 spiro atoms. The van der Waals surface area contributed by atoms with Gasteiger partial charge >= 0.3 is 0 Å². The minimum atomic E-state index is 0.743. The van der Waals surface area contributed by atoms with Crippen molar-refractivity contribution in [2.75, 3.05) is 11.6 Å². The zero-order valence-corrected chi connectivity index (χ0v) is 13.1. The molecule has 0 amide bonds. The van der Waals surface area contributed by atoms with E-state index in [-0.39, 0.29) is 0 Å². The molecule has 0 aliphatic carbocycles. The van der Waals surface area contributed by atoms with Crippen molar-refractivity contribution in [3.05, 3.63) is 57.5 Å². The maximum absolute atomic E-state index is 6.07. The number of anilines is 1. The second-order valence-corrected chi connectivity index (χ2v) is 5.98. The molecule has 18 heavy (non-hydrogen) atoms. The zero-order chi connectivity index (χ0) is 13.0. The van der Waals surface area contributed by atoms with Crippen molar-refractivity contribution in [1.82, 2.24) is 0 Å². The van der Waals surface area contributed by atoms with Gasteiger partial charge in [0.25, 0.3) is 0 Å². The molecule has 0 radical (unpaired) electrons. The number of hydrogen-bond acceptors (Lipinski definition) is 2. The summed E-state index contributed by atoms with van der Waals surface area (Å²) in [5.74, 6) is 0. The first-order valence-electron chi connectivity index (χ1n) is 5.51. The van der Waals surface area contributed by atoms with Crippen LogP contribution in [0.1, 0.15) is 5.56 Å². The van der Waals surface area contributed by atoms with E-state index in [0.29, 0.717) is 0 Å². The smallest absolute Gasteiger partial charge is 0.0551 e. The Labute approximate surface area is 125 Å². The van der Waals surface area contributed by atoms with E-state index in [2.05, 4.69) is 57.8 Å². The number of benzene rings is 2. The van der Waals surface area contributed by atoms with Crippen LogP contribution in [0.3, 0.4) is 0 Å². The molecule has 0 heterocycles. The molecule has 0 unspecified atom stereocenters. The fraction of sp³-hybridized carbons (Fsp3) is 0.143. The van der Waals surface area contributed by atoms with Gasteiger partial charge in [-0.15, -0.1) is 11.8 Å². The average molecular weight is 343 g/mol. The first kappa shape index (κ1) is 13.8. The first-order valence-corrected chi connectivity index (χ1v) is 7.90. The average Bonchev–Trinajstić information content (AvgIpc) is 2.40. The van der Waals surface area contributed by atoms with E-state index in [1.54, 1.807) is 11.8 Å². The third kappa shape index (κ3) is 3.67. The topological polar surface area (TPSA) is 12.0 Å². The SMILES string of the molecule is CSc1cccc(NCc2ccc(Br)c(Cl)c2)c1. The predicted octanol–water partition coefficient (Wildman–Crippen LogP) is 5.44. The summed E-state index contributed by atoms with van der Waals surface area (Å²) in [6, 6.07) is 14.4. The number of rotatable bonds is 4. The molecule has 0 aliphatic heterocycles. The lowest BCUT2D eigenvalue weighted by Crippen LogP contribution is -1.99. The molecule has 0 bridgehead atoms. The zero-order valence-electron chi connectivity index (χ0n) is 9.91. The molecule has 94 valence electrons. The largest absolute Gasteiger partial charge is 0.381 e. The molecule has 0 aliphatic rings. The number of nitrogens with one attached hydrogen (secondary N) is 1. The van der Waals surface area contributed by atoms with E-state index in [1.165, 1.54) is 4.90 Å². The van der Waals surface area contributed by atoms with Crippen LogP contribution in [0.25, 0.3) is 0 Å². The first-order chi connectivity index (χ1) is 8.69. The van der Waals surface area contributed by atoms with Crippen molar-refractivity contribution >= 4 is 45.0 Å². The van der Waals surface area contributed by atoms with E-state index < -0.39 is 0 Å². The standard InChI is InChI=1S/C14H13BrClNS/c1-18-12-4-2-3-11(8-12)17-9-10-5-6-13(15)14(16)7-10/h2-8,17H,9H2,1H3. The van der Waals surface area contributed by atoms with E-state index in [9.17, 15) is 0 Å². The Morgan fingerprint density at radius 1 is 1.22 bits per heavy atom. The summed E-state index contributed by atoms with van der Waals surface area (Å²) in [6.07, 6.45) is 2.08. The Bertz CT molecular complexity index is 545. The molecular formula is C14H13BrClNS. The van der Waals surface area contributed by atoms with Crippen LogP contribution >= 0.6 is 39.3 Å². The number of thioether (sulfide) groups is 1. The highest BCUT2D eigenvalue weighted by Crippen LogP contribution is 2.24. The molecule has 2 rings (SSSR count). The quantitative estimate of drug-likeness (QED) is 0.743. The number of halogens is 2. The Hall–Kier alpha value is -0.640. The molecule has 1 N–H and O–H groups in total. The normalized spacial score (nSPS) is 10.4. The summed E-state index contributed by atoms with van der Waals surface area (Å²) < 4.78 is 0.928. The van der Waals surface area contributed by atoms with Gasteiger partial charge < -0.3 is 5.32 Å². The van der Waals surface area contributed by atoms with Gasteiger partial charge in [-0.1, -0.05) is 23.7 Å². The molecule has 0 saturated carbocycles. The predicted molar refractivity (Wildman–Crippen MR) is 84.7 cm³/mol. The molecule has 2 aromatic carbocycles. The van der Waals surface area contributed by atoms with Crippen molar-refractivity contribution in [2.24, 2.45) is 0 Å². The van der Waals surface area contributed by atoms with Gasteiger partial charge in [-0.25, -0.2) is 0 Å². The lowest BCUT2D eigenvalue weighted by atomic mass is 10.2. The van der Waals surface area contributed by atoms with Gasteiger partial charge in [-0.05, 0) is 58.1 Å². The highest BCUT2D eigenvalue weighted by atomic mass is 79.9. The van der Waals surface area contributed by atoms with E-state index >= 15 is 0 Å². The van der Waals surface area contributed by atoms with E-state index in [4.69, 9.17) is 11.6 Å². The summed E-state index contributed by atoms with van der Waals surface area (Å²) in [4.78, 5) is 1.26. The fourth-order valence-electron chi connectivity index (χ4n) is 1.59. The number of hydrogen-bond donors (Lipinski definition) is 1. The molecule has 0 fully saturated rings. The van der Waals surface area contributed by atoms with E-state index in [1.807, 2.05) is 12.1 Å². The molecule has 0 aromatic heterocycles. The minimum Gasteiger partial charge on any atom is -0.381 e. The second kappa shape index (κ2) is 6.50. The van der Waals surface area contributed by atoms with E-state index in [0.717, 1.165) is 27.3 Å². The Morgan fingerprint density at radius 3 is 2.78 bits per heavy atom. The second-order valence-electron chi connectivity index (χ2n) is 3.83. The highest BCUT2D eigenvalue weighted by molar-refractivity contribution is 9.10. The van der Waals surface area contributed by atoms with Crippen LogP contribution in [0.15, 0.2) is 51.8 Å². The van der Waals surface area contributed by atoms with Crippen LogP contribution in [0.2, 0.25) is 5.02 Å². The maximum atomic E-state index is 6.07. The summed E-state index contributed by atoms with van der Waals surface area (Å²) in [5, 5.41) is 4.14. The van der Waals surface area contributed by atoms with Gasteiger partial charge in [0.05, 0.1) is 5.02 Å². The summed E-state index contributed by atoms with van der Waals surface area (Å²) in [5.41, 5.74) is 2.29. The molecule has 0 saturated heterocycles. The molecule has 1 nitrogen and oxygen atoms in total. The van der Waals surface area contributed by atoms with Crippen LogP contribution in [0, 0.1) is 0 Å². The Morgan fingerprint density at radius 2 is 2.06 bits per heavy atom. The summed E-state index contributed by atoms with van der Waals surface area (Å²) >= 11 is 11.2. The lowest BCUT2D eigenvalue weighted by molar-refractivity contribution is 1.14. The fourth-order valence-corrected chi connectivity index (χ4v) is 2.50. The van der Waals surface area contributed by atoms with Crippen molar-refractivity contribution in [3.8, 4) is 0 Å². The van der Waals surface area contributed by atoms with Gasteiger partial charge in [0.1, 0.15) is 0 Å². The van der Waals surface area contributed by atoms with Crippen molar-refractivity contribution in [3.63, 3.8) is 0 Å².